The van der Waals surface area contributed by atoms with E-state index in [1.165, 1.54) is 16.7 Å². The molecule has 0 saturated heterocycles. The second kappa shape index (κ2) is 8.09. The van der Waals surface area contributed by atoms with E-state index in [0.717, 1.165) is 28.6 Å². The number of hydrogen-bond donors (Lipinski definition) is 1. The summed E-state index contributed by atoms with van der Waals surface area (Å²) < 4.78 is 5.81. The van der Waals surface area contributed by atoms with Gasteiger partial charge < -0.3 is 10.1 Å². The lowest BCUT2D eigenvalue weighted by Gasteiger charge is -2.10. The first-order chi connectivity index (χ1) is 12.1. The Hall–Kier alpha value is -2.45. The molecule has 1 N–H and O–H groups in total. The van der Waals surface area contributed by atoms with Gasteiger partial charge in [0.15, 0.2) is 0 Å². The van der Waals surface area contributed by atoms with Crippen LogP contribution in [0, 0.1) is 13.8 Å². The highest BCUT2D eigenvalue weighted by Crippen LogP contribution is 2.20. The maximum absolute atomic E-state index is 6.15. The van der Waals surface area contributed by atoms with E-state index in [4.69, 9.17) is 16.3 Å². The molecular formula is C22H22ClNO. The predicted molar refractivity (Wildman–Crippen MR) is 105 cm³/mol. The molecule has 0 aliphatic carbocycles. The molecule has 0 saturated carbocycles. The maximum atomic E-state index is 6.15. The van der Waals surface area contributed by atoms with Crippen molar-refractivity contribution in [1.82, 2.24) is 0 Å². The Balaban J connectivity index is 1.55. The molecule has 0 unspecified atom stereocenters. The molecule has 0 radical (unpaired) electrons. The van der Waals surface area contributed by atoms with E-state index in [9.17, 15) is 0 Å². The van der Waals surface area contributed by atoms with E-state index in [1.807, 2.05) is 36.4 Å². The summed E-state index contributed by atoms with van der Waals surface area (Å²) in [6, 6.07) is 22.3. The molecule has 0 atom stereocenters. The molecule has 0 aliphatic heterocycles. The van der Waals surface area contributed by atoms with E-state index in [0.29, 0.717) is 6.61 Å². The van der Waals surface area contributed by atoms with Crippen LogP contribution in [0.1, 0.15) is 22.3 Å². The highest BCUT2D eigenvalue weighted by Gasteiger charge is 2.01. The summed E-state index contributed by atoms with van der Waals surface area (Å²) in [6.45, 7) is 5.51. The van der Waals surface area contributed by atoms with Crippen LogP contribution in [-0.4, -0.2) is 0 Å². The summed E-state index contributed by atoms with van der Waals surface area (Å²) in [4.78, 5) is 0. The van der Waals surface area contributed by atoms with Gasteiger partial charge in [0.25, 0.3) is 0 Å². The minimum atomic E-state index is 0.472. The molecule has 0 bridgehead atoms. The van der Waals surface area contributed by atoms with Crippen molar-refractivity contribution in [3.05, 3.63) is 94.0 Å². The SMILES string of the molecule is Cc1ccc(NCc2ccc(OCc3ccccc3Cl)cc2)cc1C. The molecule has 0 fully saturated rings. The molecule has 3 aromatic carbocycles. The minimum absolute atomic E-state index is 0.472. The minimum Gasteiger partial charge on any atom is -0.489 e. The summed E-state index contributed by atoms with van der Waals surface area (Å²) in [5, 5.41) is 4.19. The van der Waals surface area contributed by atoms with E-state index in [-0.39, 0.29) is 0 Å². The van der Waals surface area contributed by atoms with Gasteiger partial charge in [-0.1, -0.05) is 48.0 Å². The molecule has 0 spiro atoms. The van der Waals surface area contributed by atoms with Gasteiger partial charge in [0, 0.05) is 22.8 Å². The molecule has 128 valence electrons. The van der Waals surface area contributed by atoms with Crippen LogP contribution in [0.2, 0.25) is 5.02 Å². The van der Waals surface area contributed by atoms with Gasteiger partial charge >= 0.3 is 0 Å². The van der Waals surface area contributed by atoms with Crippen LogP contribution in [0.15, 0.2) is 66.7 Å². The zero-order chi connectivity index (χ0) is 17.6. The lowest BCUT2D eigenvalue weighted by molar-refractivity contribution is 0.306. The summed E-state index contributed by atoms with van der Waals surface area (Å²) in [5.41, 5.74) is 5.95. The predicted octanol–water partition coefficient (Wildman–Crippen LogP) is 6.15. The van der Waals surface area contributed by atoms with Gasteiger partial charge in [-0.3, -0.25) is 0 Å². The average molecular weight is 352 g/mol. The van der Waals surface area contributed by atoms with Crippen molar-refractivity contribution in [2.75, 3.05) is 5.32 Å². The Labute approximate surface area is 154 Å². The third-order valence-corrected chi connectivity index (χ3v) is 4.65. The molecule has 0 aromatic heterocycles. The number of rotatable bonds is 6. The van der Waals surface area contributed by atoms with Gasteiger partial charge in [-0.15, -0.1) is 0 Å². The van der Waals surface area contributed by atoms with Gasteiger partial charge in [0.2, 0.25) is 0 Å². The Bertz CT molecular complexity index is 843. The number of aryl methyl sites for hydroxylation is 2. The first kappa shape index (κ1) is 17.4. The second-order valence-electron chi connectivity index (χ2n) is 6.18. The van der Waals surface area contributed by atoms with Crippen molar-refractivity contribution >= 4 is 17.3 Å². The summed E-state index contributed by atoms with van der Waals surface area (Å²) in [6.07, 6.45) is 0. The van der Waals surface area contributed by atoms with Gasteiger partial charge in [-0.05, 0) is 60.9 Å². The largest absolute Gasteiger partial charge is 0.489 e. The number of hydrogen-bond acceptors (Lipinski definition) is 2. The highest BCUT2D eigenvalue weighted by molar-refractivity contribution is 6.31. The van der Waals surface area contributed by atoms with E-state index < -0.39 is 0 Å². The first-order valence-corrected chi connectivity index (χ1v) is 8.76. The fraction of sp³-hybridized carbons (Fsp3) is 0.182. The number of anilines is 1. The molecule has 0 aliphatic rings. The highest BCUT2D eigenvalue weighted by atomic mass is 35.5. The molecule has 3 heteroatoms. The third kappa shape index (κ3) is 4.77. The van der Waals surface area contributed by atoms with E-state index >= 15 is 0 Å². The van der Waals surface area contributed by atoms with Crippen molar-refractivity contribution < 1.29 is 4.74 Å². The monoisotopic (exact) mass is 351 g/mol. The standard InChI is InChI=1S/C22H22ClNO/c1-16-7-10-20(13-17(16)2)24-14-18-8-11-21(12-9-18)25-15-19-5-3-4-6-22(19)23/h3-13,24H,14-15H2,1-2H3. The normalized spacial score (nSPS) is 10.5. The first-order valence-electron chi connectivity index (χ1n) is 8.38. The zero-order valence-corrected chi connectivity index (χ0v) is 15.3. The molecule has 2 nitrogen and oxygen atoms in total. The Morgan fingerprint density at radius 2 is 1.64 bits per heavy atom. The molecule has 0 amide bonds. The molecule has 25 heavy (non-hydrogen) atoms. The Morgan fingerprint density at radius 3 is 2.36 bits per heavy atom. The van der Waals surface area contributed by atoms with Crippen molar-refractivity contribution in [3.63, 3.8) is 0 Å². The average Bonchev–Trinajstić information content (AvgIpc) is 2.63. The van der Waals surface area contributed by atoms with Gasteiger partial charge in [-0.2, -0.15) is 0 Å². The van der Waals surface area contributed by atoms with Crippen molar-refractivity contribution in [2.45, 2.75) is 27.0 Å². The maximum Gasteiger partial charge on any atom is 0.119 e. The Morgan fingerprint density at radius 1 is 0.880 bits per heavy atom. The van der Waals surface area contributed by atoms with Gasteiger partial charge in [0.05, 0.1) is 0 Å². The zero-order valence-electron chi connectivity index (χ0n) is 14.6. The summed E-state index contributed by atoms with van der Waals surface area (Å²) >= 11 is 6.15. The topological polar surface area (TPSA) is 21.3 Å². The van der Waals surface area contributed by atoms with Gasteiger partial charge in [-0.25, -0.2) is 0 Å². The number of halogens is 1. The summed E-state index contributed by atoms with van der Waals surface area (Å²) in [7, 11) is 0. The fourth-order valence-electron chi connectivity index (χ4n) is 2.54. The van der Waals surface area contributed by atoms with Crippen molar-refractivity contribution in [2.24, 2.45) is 0 Å². The lowest BCUT2D eigenvalue weighted by Crippen LogP contribution is -2.00. The van der Waals surface area contributed by atoms with Crippen LogP contribution in [0.25, 0.3) is 0 Å². The fourth-order valence-corrected chi connectivity index (χ4v) is 2.73. The van der Waals surface area contributed by atoms with Crippen LogP contribution >= 0.6 is 11.6 Å². The quantitative estimate of drug-likeness (QED) is 0.575. The second-order valence-corrected chi connectivity index (χ2v) is 6.58. The van der Waals surface area contributed by atoms with Crippen LogP contribution < -0.4 is 10.1 Å². The van der Waals surface area contributed by atoms with Crippen LogP contribution in [0.3, 0.4) is 0 Å². The molecule has 0 heterocycles. The molecular weight excluding hydrogens is 330 g/mol. The van der Waals surface area contributed by atoms with E-state index in [2.05, 4.69) is 49.5 Å². The van der Waals surface area contributed by atoms with Crippen LogP contribution in [0.5, 0.6) is 5.75 Å². The van der Waals surface area contributed by atoms with E-state index in [1.54, 1.807) is 0 Å². The molecule has 3 aromatic rings. The van der Waals surface area contributed by atoms with Crippen LogP contribution in [-0.2, 0) is 13.2 Å². The number of ether oxygens (including phenoxy) is 1. The van der Waals surface area contributed by atoms with Crippen LogP contribution in [0.4, 0.5) is 5.69 Å². The number of benzene rings is 3. The number of nitrogens with one attached hydrogen (secondary N) is 1. The Kier molecular flexibility index (Phi) is 5.62. The molecule has 3 rings (SSSR count). The lowest BCUT2D eigenvalue weighted by atomic mass is 10.1. The van der Waals surface area contributed by atoms with Gasteiger partial charge in [0.1, 0.15) is 12.4 Å². The van der Waals surface area contributed by atoms with Crippen molar-refractivity contribution in [3.8, 4) is 5.75 Å². The van der Waals surface area contributed by atoms with Crippen molar-refractivity contribution in [1.29, 1.82) is 0 Å². The third-order valence-electron chi connectivity index (χ3n) is 4.28. The smallest absolute Gasteiger partial charge is 0.119 e. The summed E-state index contributed by atoms with van der Waals surface area (Å²) in [5.74, 6) is 0.842.